The Balaban J connectivity index is 4.11. The lowest BCUT2D eigenvalue weighted by Gasteiger charge is -2.20. The van der Waals surface area contributed by atoms with Crippen molar-refractivity contribution in [1.29, 1.82) is 0 Å². The van der Waals surface area contributed by atoms with Crippen molar-refractivity contribution in [3.8, 4) is 0 Å². The van der Waals surface area contributed by atoms with Crippen LogP contribution in [0.4, 0.5) is 4.79 Å². The molecule has 0 saturated heterocycles. The Kier molecular flexibility index (Phi) is 7.79. The molecule has 0 radical (unpaired) electrons. The summed E-state index contributed by atoms with van der Waals surface area (Å²) in [6, 6.07) is -1.33. The van der Waals surface area contributed by atoms with Crippen molar-refractivity contribution in [3.05, 3.63) is 12.7 Å². The minimum Gasteiger partial charge on any atom is -0.480 e. The molecular formula is C11H20N2O4. The van der Waals surface area contributed by atoms with E-state index < -0.39 is 18.0 Å². The van der Waals surface area contributed by atoms with Crippen molar-refractivity contribution in [3.63, 3.8) is 0 Å². The van der Waals surface area contributed by atoms with E-state index in [1.54, 1.807) is 14.2 Å². The molecule has 6 nitrogen and oxygen atoms in total. The molecular weight excluding hydrogens is 224 g/mol. The van der Waals surface area contributed by atoms with E-state index in [1.165, 1.54) is 11.0 Å². The van der Waals surface area contributed by atoms with Gasteiger partial charge in [-0.1, -0.05) is 6.08 Å². The summed E-state index contributed by atoms with van der Waals surface area (Å²) in [6.45, 7) is 4.53. The van der Waals surface area contributed by atoms with Crippen LogP contribution in [0.1, 0.15) is 12.8 Å². The summed E-state index contributed by atoms with van der Waals surface area (Å²) in [5.41, 5.74) is 0. The van der Waals surface area contributed by atoms with Crippen LogP contribution < -0.4 is 5.32 Å². The van der Waals surface area contributed by atoms with E-state index in [0.29, 0.717) is 19.6 Å². The molecule has 0 rings (SSSR count). The third-order valence-corrected chi connectivity index (χ3v) is 2.19. The van der Waals surface area contributed by atoms with Gasteiger partial charge < -0.3 is 20.1 Å². The lowest BCUT2D eigenvalue weighted by molar-refractivity contribution is -0.139. The van der Waals surface area contributed by atoms with Crippen LogP contribution in [0.2, 0.25) is 0 Å². The maximum Gasteiger partial charge on any atom is 0.326 e. The van der Waals surface area contributed by atoms with E-state index in [0.717, 1.165) is 0 Å². The van der Waals surface area contributed by atoms with Gasteiger partial charge in [-0.2, -0.15) is 0 Å². The van der Waals surface area contributed by atoms with E-state index in [9.17, 15) is 9.59 Å². The molecule has 1 atom stereocenters. The summed E-state index contributed by atoms with van der Waals surface area (Å²) >= 11 is 0. The first-order valence-corrected chi connectivity index (χ1v) is 5.37. The van der Waals surface area contributed by atoms with E-state index >= 15 is 0 Å². The van der Waals surface area contributed by atoms with Crippen LogP contribution in [0, 0.1) is 0 Å². The molecule has 98 valence electrons. The molecule has 0 saturated carbocycles. The van der Waals surface area contributed by atoms with Gasteiger partial charge in [-0.25, -0.2) is 9.59 Å². The maximum atomic E-state index is 11.6. The Morgan fingerprint density at radius 2 is 2.24 bits per heavy atom. The maximum absolute atomic E-state index is 11.6. The number of carboxylic acids is 1. The number of urea groups is 1. The molecule has 0 bridgehead atoms. The average Bonchev–Trinajstić information content (AvgIpc) is 2.28. The van der Waals surface area contributed by atoms with Gasteiger partial charge in [-0.3, -0.25) is 0 Å². The number of amides is 2. The predicted molar refractivity (Wildman–Crippen MR) is 63.9 cm³/mol. The minimum atomic E-state index is -1.07. The standard InChI is InChI=1S/C11H20N2O4/c1-4-6-9(10(14)15)12-11(16)13(2)7-5-8-17-3/h4,9H,1,5-8H2,2-3H3,(H,12,16)(H,14,15). The third-order valence-electron chi connectivity index (χ3n) is 2.19. The largest absolute Gasteiger partial charge is 0.480 e. The van der Waals surface area contributed by atoms with Gasteiger partial charge in [0.1, 0.15) is 6.04 Å². The zero-order valence-electron chi connectivity index (χ0n) is 10.3. The molecule has 0 aromatic heterocycles. The van der Waals surface area contributed by atoms with Crippen molar-refractivity contribution in [2.24, 2.45) is 0 Å². The Bertz CT molecular complexity index is 268. The number of ether oxygens (including phenoxy) is 1. The molecule has 2 N–H and O–H groups in total. The van der Waals surface area contributed by atoms with Gasteiger partial charge in [0.25, 0.3) is 0 Å². The molecule has 0 aliphatic rings. The van der Waals surface area contributed by atoms with Gasteiger partial charge in [0, 0.05) is 27.3 Å². The number of carbonyl (C=O) groups is 2. The molecule has 6 heteroatoms. The van der Waals surface area contributed by atoms with Crippen molar-refractivity contribution in [2.75, 3.05) is 27.3 Å². The molecule has 0 fully saturated rings. The molecule has 0 heterocycles. The fourth-order valence-corrected chi connectivity index (χ4v) is 1.19. The summed E-state index contributed by atoms with van der Waals surface area (Å²) in [6.07, 6.45) is 2.37. The monoisotopic (exact) mass is 244 g/mol. The molecule has 2 amide bonds. The van der Waals surface area contributed by atoms with Gasteiger partial charge in [-0.05, 0) is 12.8 Å². The highest BCUT2D eigenvalue weighted by Gasteiger charge is 2.19. The number of methoxy groups -OCH3 is 1. The Morgan fingerprint density at radius 3 is 2.71 bits per heavy atom. The molecule has 1 unspecified atom stereocenters. The highest BCUT2D eigenvalue weighted by Crippen LogP contribution is 1.96. The van der Waals surface area contributed by atoms with Gasteiger partial charge >= 0.3 is 12.0 Å². The van der Waals surface area contributed by atoms with Gasteiger partial charge in [-0.15, -0.1) is 6.58 Å². The Morgan fingerprint density at radius 1 is 1.59 bits per heavy atom. The Hall–Kier alpha value is -1.56. The van der Waals surface area contributed by atoms with Crippen molar-refractivity contribution in [1.82, 2.24) is 10.2 Å². The van der Waals surface area contributed by atoms with Crippen molar-refractivity contribution < 1.29 is 19.4 Å². The molecule has 17 heavy (non-hydrogen) atoms. The fourth-order valence-electron chi connectivity index (χ4n) is 1.19. The van der Waals surface area contributed by atoms with Crippen LogP contribution in [0.25, 0.3) is 0 Å². The number of aliphatic carboxylic acids is 1. The van der Waals surface area contributed by atoms with Crippen LogP contribution in [-0.2, 0) is 9.53 Å². The zero-order chi connectivity index (χ0) is 13.3. The summed E-state index contributed by atoms with van der Waals surface area (Å²) < 4.78 is 4.86. The first kappa shape index (κ1) is 15.4. The van der Waals surface area contributed by atoms with Crippen LogP contribution in [0.15, 0.2) is 12.7 Å². The van der Waals surface area contributed by atoms with Crippen LogP contribution in [0.3, 0.4) is 0 Å². The zero-order valence-corrected chi connectivity index (χ0v) is 10.3. The fraction of sp³-hybridized carbons (Fsp3) is 0.636. The van der Waals surface area contributed by atoms with Crippen LogP contribution in [-0.4, -0.2) is 55.4 Å². The molecule has 0 spiro atoms. The first-order valence-electron chi connectivity index (χ1n) is 5.37. The number of nitrogens with one attached hydrogen (secondary N) is 1. The first-order chi connectivity index (χ1) is 8.02. The Labute approximate surface area is 101 Å². The average molecular weight is 244 g/mol. The van der Waals surface area contributed by atoms with Gasteiger partial charge in [0.15, 0.2) is 0 Å². The van der Waals surface area contributed by atoms with Gasteiger partial charge in [0.2, 0.25) is 0 Å². The highest BCUT2D eigenvalue weighted by atomic mass is 16.5. The predicted octanol–water partition coefficient (Wildman–Crippen LogP) is 0.694. The smallest absolute Gasteiger partial charge is 0.326 e. The number of nitrogens with zero attached hydrogens (tertiary/aromatic N) is 1. The summed E-state index contributed by atoms with van der Waals surface area (Å²) in [5, 5.41) is 11.3. The second kappa shape index (κ2) is 8.58. The number of hydrogen-bond acceptors (Lipinski definition) is 3. The number of carbonyl (C=O) groups excluding carboxylic acids is 1. The second-order valence-electron chi connectivity index (χ2n) is 3.63. The van der Waals surface area contributed by atoms with E-state index in [2.05, 4.69) is 11.9 Å². The highest BCUT2D eigenvalue weighted by molar-refractivity contribution is 5.82. The van der Waals surface area contributed by atoms with Crippen LogP contribution >= 0.6 is 0 Å². The second-order valence-corrected chi connectivity index (χ2v) is 3.63. The van der Waals surface area contributed by atoms with E-state index in [1.807, 2.05) is 0 Å². The number of carboxylic acid groups (broad SMARTS) is 1. The third kappa shape index (κ3) is 6.57. The van der Waals surface area contributed by atoms with Crippen LogP contribution in [0.5, 0.6) is 0 Å². The summed E-state index contributed by atoms with van der Waals surface area (Å²) in [4.78, 5) is 23.8. The van der Waals surface area contributed by atoms with E-state index in [4.69, 9.17) is 9.84 Å². The molecule has 0 aliphatic carbocycles. The summed E-state index contributed by atoms with van der Waals surface area (Å²) in [7, 11) is 3.20. The topological polar surface area (TPSA) is 78.9 Å². The van der Waals surface area contributed by atoms with Crippen molar-refractivity contribution in [2.45, 2.75) is 18.9 Å². The number of rotatable bonds is 8. The minimum absolute atomic E-state index is 0.201. The summed E-state index contributed by atoms with van der Waals surface area (Å²) in [5.74, 6) is -1.07. The molecule has 0 aliphatic heterocycles. The molecule has 0 aromatic rings. The van der Waals surface area contributed by atoms with Crippen molar-refractivity contribution >= 4 is 12.0 Å². The quantitative estimate of drug-likeness (QED) is 0.486. The van der Waals surface area contributed by atoms with E-state index in [-0.39, 0.29) is 6.42 Å². The molecule has 0 aromatic carbocycles. The number of hydrogen-bond donors (Lipinski definition) is 2. The SMILES string of the molecule is C=CCC(NC(=O)N(C)CCCOC)C(=O)O. The lowest BCUT2D eigenvalue weighted by Crippen LogP contribution is -2.46. The lowest BCUT2D eigenvalue weighted by atomic mass is 10.2. The normalized spacial score (nSPS) is 11.6. The van der Waals surface area contributed by atoms with Gasteiger partial charge in [0.05, 0.1) is 0 Å².